The number of anilines is 1. The second kappa shape index (κ2) is 11.0. The lowest BCUT2D eigenvalue weighted by Crippen LogP contribution is -2.29. The molecule has 174 valence electrons. The normalized spacial score (nSPS) is 11.8. The first kappa shape index (κ1) is 25.1. The molecule has 0 spiro atoms. The third-order valence-electron chi connectivity index (χ3n) is 4.96. The van der Waals surface area contributed by atoms with E-state index in [0.717, 1.165) is 16.8 Å². The van der Waals surface area contributed by atoms with Crippen molar-refractivity contribution in [2.45, 2.75) is 45.4 Å². The molecule has 33 heavy (non-hydrogen) atoms. The van der Waals surface area contributed by atoms with Crippen LogP contribution in [0.2, 0.25) is 10.0 Å². The molecule has 1 atom stereocenters. The fourth-order valence-electron chi connectivity index (χ4n) is 3.31. The minimum absolute atomic E-state index is 0.127. The molecule has 2 aromatic carbocycles. The first-order chi connectivity index (χ1) is 15.7. The first-order valence-corrected chi connectivity index (χ1v) is 12.1. The van der Waals surface area contributed by atoms with Crippen LogP contribution in [0.3, 0.4) is 0 Å². The Morgan fingerprint density at radius 3 is 2.55 bits per heavy atom. The second-order valence-electron chi connectivity index (χ2n) is 7.56. The zero-order valence-corrected chi connectivity index (χ0v) is 21.1. The van der Waals surface area contributed by atoms with Crippen molar-refractivity contribution in [3.63, 3.8) is 0 Å². The summed E-state index contributed by atoms with van der Waals surface area (Å²) in [5.74, 6) is 0.315. The van der Waals surface area contributed by atoms with E-state index >= 15 is 0 Å². The highest BCUT2D eigenvalue weighted by Crippen LogP contribution is 2.24. The molecule has 1 aromatic heterocycles. The fourth-order valence-corrected chi connectivity index (χ4v) is 4.61. The monoisotopic (exact) mass is 505 g/mol. The number of thioether (sulfide) groups is 1. The number of hydrogen-bond donors (Lipinski definition) is 2. The average molecular weight is 506 g/mol. The van der Waals surface area contributed by atoms with Crippen molar-refractivity contribution in [3.8, 4) is 0 Å². The van der Waals surface area contributed by atoms with Gasteiger partial charge in [-0.1, -0.05) is 52.7 Å². The maximum Gasteiger partial charge on any atom is 0.253 e. The molecule has 0 aliphatic rings. The maximum absolute atomic E-state index is 12.6. The summed E-state index contributed by atoms with van der Waals surface area (Å²) >= 11 is 13.3. The van der Waals surface area contributed by atoms with E-state index in [0.29, 0.717) is 28.1 Å². The standard InChI is InChI=1S/C23H25Cl2N5O2S/c1-5-30-21(15(4)26-22(32)17-8-7-16(24)11-18(17)25)28-29-23(30)33-12-20(31)27-19-9-6-13(2)10-14(19)3/h6-11,15H,5,12H2,1-4H3,(H,26,32)(H,27,31)/t15-/m1/s1. The van der Waals surface area contributed by atoms with Crippen molar-refractivity contribution in [2.75, 3.05) is 11.1 Å². The minimum atomic E-state index is -0.421. The van der Waals surface area contributed by atoms with Crippen LogP contribution in [-0.4, -0.2) is 32.3 Å². The van der Waals surface area contributed by atoms with Crippen LogP contribution in [0.1, 0.15) is 47.2 Å². The van der Waals surface area contributed by atoms with Gasteiger partial charge in [-0.3, -0.25) is 9.59 Å². The Hall–Kier alpha value is -2.55. The largest absolute Gasteiger partial charge is 0.342 e. The van der Waals surface area contributed by atoms with Crippen LogP contribution in [0.15, 0.2) is 41.6 Å². The molecule has 2 amide bonds. The molecule has 0 fully saturated rings. The number of halogens is 2. The van der Waals surface area contributed by atoms with Gasteiger partial charge in [-0.05, 0) is 57.5 Å². The molecule has 2 N–H and O–H groups in total. The molecule has 0 bridgehead atoms. The molecular formula is C23H25Cl2N5O2S. The van der Waals surface area contributed by atoms with Gasteiger partial charge < -0.3 is 15.2 Å². The topological polar surface area (TPSA) is 88.9 Å². The number of nitrogens with zero attached hydrogens (tertiary/aromatic N) is 3. The SMILES string of the molecule is CCn1c(SCC(=O)Nc2ccc(C)cc2C)nnc1[C@@H](C)NC(=O)c1ccc(Cl)cc1Cl. The molecule has 3 rings (SSSR count). The molecule has 10 heteroatoms. The zero-order chi connectivity index (χ0) is 24.1. The van der Waals surface area contributed by atoms with Crippen molar-refractivity contribution in [2.24, 2.45) is 0 Å². The van der Waals surface area contributed by atoms with Gasteiger partial charge in [-0.25, -0.2) is 0 Å². The Bertz CT molecular complexity index is 1180. The number of amides is 2. The van der Waals surface area contributed by atoms with Crippen LogP contribution in [0.5, 0.6) is 0 Å². The van der Waals surface area contributed by atoms with E-state index in [4.69, 9.17) is 23.2 Å². The van der Waals surface area contributed by atoms with Crippen molar-refractivity contribution in [1.82, 2.24) is 20.1 Å². The van der Waals surface area contributed by atoms with E-state index in [-0.39, 0.29) is 22.6 Å². The van der Waals surface area contributed by atoms with Gasteiger partial charge in [0.25, 0.3) is 5.91 Å². The molecule has 0 saturated heterocycles. The number of hydrogen-bond acceptors (Lipinski definition) is 5. The van der Waals surface area contributed by atoms with Gasteiger partial charge in [0.2, 0.25) is 5.91 Å². The number of carbonyl (C=O) groups is 2. The van der Waals surface area contributed by atoms with Crippen LogP contribution in [0, 0.1) is 13.8 Å². The second-order valence-corrected chi connectivity index (χ2v) is 9.35. The van der Waals surface area contributed by atoms with Gasteiger partial charge in [0.15, 0.2) is 11.0 Å². The van der Waals surface area contributed by atoms with Gasteiger partial charge in [0.05, 0.1) is 22.4 Å². The third kappa shape index (κ3) is 6.28. The Morgan fingerprint density at radius 2 is 1.88 bits per heavy atom. The maximum atomic E-state index is 12.6. The predicted octanol–water partition coefficient (Wildman–Crippen LogP) is 5.44. The van der Waals surface area contributed by atoms with Crippen molar-refractivity contribution >= 4 is 52.5 Å². The lowest BCUT2D eigenvalue weighted by Gasteiger charge is -2.15. The van der Waals surface area contributed by atoms with E-state index in [9.17, 15) is 9.59 Å². The number of rotatable bonds is 8. The Labute approximate surface area is 207 Å². The van der Waals surface area contributed by atoms with E-state index in [1.54, 1.807) is 12.1 Å². The molecule has 7 nitrogen and oxygen atoms in total. The van der Waals surface area contributed by atoms with Crippen molar-refractivity contribution in [1.29, 1.82) is 0 Å². The Balaban J connectivity index is 1.65. The highest BCUT2D eigenvalue weighted by molar-refractivity contribution is 7.99. The number of benzene rings is 2. The van der Waals surface area contributed by atoms with E-state index < -0.39 is 6.04 Å². The lowest BCUT2D eigenvalue weighted by molar-refractivity contribution is -0.113. The molecule has 0 aliphatic carbocycles. The summed E-state index contributed by atoms with van der Waals surface area (Å²) in [4.78, 5) is 25.1. The summed E-state index contributed by atoms with van der Waals surface area (Å²) in [6.07, 6.45) is 0. The molecule has 0 saturated carbocycles. The minimum Gasteiger partial charge on any atom is -0.342 e. The summed E-state index contributed by atoms with van der Waals surface area (Å²) < 4.78 is 1.88. The molecule has 0 aliphatic heterocycles. The number of aromatic nitrogens is 3. The number of nitrogens with one attached hydrogen (secondary N) is 2. The van der Waals surface area contributed by atoms with E-state index in [1.807, 2.05) is 50.5 Å². The van der Waals surface area contributed by atoms with Crippen LogP contribution in [0.4, 0.5) is 5.69 Å². The van der Waals surface area contributed by atoms with Crippen LogP contribution in [-0.2, 0) is 11.3 Å². The fraction of sp³-hybridized carbons (Fsp3) is 0.304. The molecule has 0 radical (unpaired) electrons. The van der Waals surface area contributed by atoms with Crippen LogP contribution < -0.4 is 10.6 Å². The summed E-state index contributed by atoms with van der Waals surface area (Å²) in [5.41, 5.74) is 3.27. The lowest BCUT2D eigenvalue weighted by atomic mass is 10.1. The number of aryl methyl sites for hydroxylation is 2. The summed E-state index contributed by atoms with van der Waals surface area (Å²) in [7, 11) is 0. The van der Waals surface area contributed by atoms with Crippen LogP contribution >= 0.6 is 35.0 Å². The van der Waals surface area contributed by atoms with Gasteiger partial charge in [0, 0.05) is 17.3 Å². The first-order valence-electron chi connectivity index (χ1n) is 10.4. The van der Waals surface area contributed by atoms with Crippen molar-refractivity contribution in [3.05, 3.63) is 69.0 Å². The van der Waals surface area contributed by atoms with Crippen molar-refractivity contribution < 1.29 is 9.59 Å². The van der Waals surface area contributed by atoms with Gasteiger partial charge >= 0.3 is 0 Å². The molecule has 3 aromatic rings. The summed E-state index contributed by atoms with van der Waals surface area (Å²) in [5, 5.41) is 15.6. The van der Waals surface area contributed by atoms with Gasteiger partial charge in [0.1, 0.15) is 0 Å². The highest BCUT2D eigenvalue weighted by atomic mass is 35.5. The van der Waals surface area contributed by atoms with Crippen LogP contribution in [0.25, 0.3) is 0 Å². The summed E-state index contributed by atoms with van der Waals surface area (Å²) in [6.45, 7) is 8.33. The quantitative estimate of drug-likeness (QED) is 0.397. The highest BCUT2D eigenvalue weighted by Gasteiger charge is 2.21. The van der Waals surface area contributed by atoms with Gasteiger partial charge in [-0.15, -0.1) is 10.2 Å². The zero-order valence-electron chi connectivity index (χ0n) is 18.8. The predicted molar refractivity (Wildman–Crippen MR) is 133 cm³/mol. The Kier molecular flexibility index (Phi) is 8.40. The Morgan fingerprint density at radius 1 is 1.12 bits per heavy atom. The van der Waals surface area contributed by atoms with Gasteiger partial charge in [-0.2, -0.15) is 0 Å². The third-order valence-corrected chi connectivity index (χ3v) is 6.48. The summed E-state index contributed by atoms with van der Waals surface area (Å²) in [6, 6.07) is 10.2. The molecule has 0 unspecified atom stereocenters. The van der Waals surface area contributed by atoms with E-state index in [1.165, 1.54) is 17.8 Å². The average Bonchev–Trinajstić information content (AvgIpc) is 3.17. The molecular weight excluding hydrogens is 481 g/mol. The van der Waals surface area contributed by atoms with E-state index in [2.05, 4.69) is 20.8 Å². The smallest absolute Gasteiger partial charge is 0.253 e. The number of carbonyl (C=O) groups excluding carboxylic acids is 2. The molecule has 1 heterocycles.